The number of allylic oxidation sites excluding steroid dienone is 2. The Morgan fingerprint density at radius 3 is 2.60 bits per heavy atom. The second-order valence-corrected chi connectivity index (χ2v) is 11.1. The molecule has 0 spiro atoms. The van der Waals surface area contributed by atoms with E-state index in [1.807, 2.05) is 0 Å². The predicted octanol–water partition coefficient (Wildman–Crippen LogP) is 2.64. The summed E-state index contributed by atoms with van der Waals surface area (Å²) in [6.45, 7) is 2.46. The fourth-order valence-electron chi connectivity index (χ4n) is 2.65. The van der Waals surface area contributed by atoms with Gasteiger partial charge in [0.1, 0.15) is 0 Å². The summed E-state index contributed by atoms with van der Waals surface area (Å²) in [7, 11) is 0. The van der Waals surface area contributed by atoms with Crippen molar-refractivity contribution in [1.29, 1.82) is 0 Å². The predicted molar refractivity (Wildman–Crippen MR) is 64.6 cm³/mol. The number of benzene rings is 1. The molecule has 0 saturated carbocycles. The van der Waals surface area contributed by atoms with Crippen molar-refractivity contribution in [1.82, 2.24) is 0 Å². The molecule has 15 heavy (non-hydrogen) atoms. The maximum atomic E-state index is 2.55. The summed E-state index contributed by atoms with van der Waals surface area (Å²) in [6.07, 6.45) is 5.09. The van der Waals surface area contributed by atoms with Gasteiger partial charge in [0.25, 0.3) is 0 Å². The Balaban J connectivity index is 1.79. The topological polar surface area (TPSA) is 0 Å². The van der Waals surface area contributed by atoms with E-state index in [2.05, 4.69) is 49.4 Å². The second kappa shape index (κ2) is 2.63. The van der Waals surface area contributed by atoms with Crippen LogP contribution >= 0.6 is 0 Å². The van der Waals surface area contributed by atoms with Gasteiger partial charge in [0.05, 0.1) is 0 Å². The molecule has 1 aliphatic carbocycles. The molecule has 2 heteroatoms. The van der Waals surface area contributed by atoms with Crippen molar-refractivity contribution in [2.75, 3.05) is 0 Å². The van der Waals surface area contributed by atoms with Crippen LogP contribution in [0.15, 0.2) is 42.5 Å². The fourth-order valence-corrected chi connectivity index (χ4v) is 10.4. The molecular weight excluding hydrogens is 314 g/mol. The van der Waals surface area contributed by atoms with E-state index in [1.165, 1.54) is 0 Å². The van der Waals surface area contributed by atoms with Gasteiger partial charge in [-0.05, 0) is 0 Å². The SMILES string of the molecule is CC12C=CC3(c4ccccc4)[Se]C3C1[Se]2. The third kappa shape index (κ3) is 1.09. The molecule has 0 aromatic heterocycles. The van der Waals surface area contributed by atoms with Gasteiger partial charge in [-0.1, -0.05) is 0 Å². The molecule has 2 fully saturated rings. The molecule has 76 valence electrons. The minimum absolute atomic E-state index is 0.524. The Bertz CT molecular complexity index is 453. The average Bonchev–Trinajstić information content (AvgIpc) is 3.11. The second-order valence-electron chi connectivity index (χ2n) is 4.75. The van der Waals surface area contributed by atoms with Crippen molar-refractivity contribution in [2.45, 2.75) is 25.2 Å². The molecule has 0 nitrogen and oxygen atoms in total. The van der Waals surface area contributed by atoms with Crippen LogP contribution in [-0.2, 0) is 4.31 Å². The number of hydrogen-bond donors (Lipinski definition) is 0. The molecule has 0 amide bonds. The van der Waals surface area contributed by atoms with E-state index >= 15 is 0 Å². The van der Waals surface area contributed by atoms with Gasteiger partial charge in [-0.3, -0.25) is 0 Å². The Hall–Kier alpha value is -0.00104. The molecule has 0 bridgehead atoms. The zero-order valence-corrected chi connectivity index (χ0v) is 11.9. The number of hydrogen-bond acceptors (Lipinski definition) is 0. The quantitative estimate of drug-likeness (QED) is 0.550. The Morgan fingerprint density at radius 2 is 1.80 bits per heavy atom. The van der Waals surface area contributed by atoms with Gasteiger partial charge in [-0.2, -0.15) is 0 Å². The van der Waals surface area contributed by atoms with Crippen LogP contribution in [0.25, 0.3) is 0 Å². The van der Waals surface area contributed by atoms with Gasteiger partial charge in [-0.25, -0.2) is 0 Å². The molecule has 0 radical (unpaired) electrons. The number of fused-ring (bicyclic) bond motifs is 3. The Labute approximate surface area is 103 Å². The van der Waals surface area contributed by atoms with E-state index in [0.29, 0.717) is 8.63 Å². The molecule has 4 atom stereocenters. The van der Waals surface area contributed by atoms with Crippen molar-refractivity contribution in [2.24, 2.45) is 0 Å². The summed E-state index contributed by atoms with van der Waals surface area (Å²) in [6, 6.07) is 11.2. The van der Waals surface area contributed by atoms with E-state index in [0.717, 1.165) is 39.5 Å². The third-order valence-corrected chi connectivity index (χ3v) is 11.6. The van der Waals surface area contributed by atoms with E-state index in [1.54, 1.807) is 5.56 Å². The third-order valence-electron chi connectivity index (χ3n) is 3.74. The zero-order chi connectivity index (χ0) is 10.1. The summed E-state index contributed by atoms with van der Waals surface area (Å²) in [4.78, 5) is 2.12. The van der Waals surface area contributed by atoms with Crippen molar-refractivity contribution >= 4 is 29.9 Å². The van der Waals surface area contributed by atoms with Crippen LogP contribution in [0, 0.1) is 0 Å². The summed E-state index contributed by atoms with van der Waals surface area (Å²) >= 11 is 1.74. The van der Waals surface area contributed by atoms with E-state index in [4.69, 9.17) is 0 Å². The first-order valence-electron chi connectivity index (χ1n) is 5.36. The van der Waals surface area contributed by atoms with Gasteiger partial charge in [0.2, 0.25) is 0 Å². The van der Waals surface area contributed by atoms with Gasteiger partial charge in [0, 0.05) is 0 Å². The molecule has 2 aliphatic heterocycles. The molecule has 1 aromatic rings. The summed E-state index contributed by atoms with van der Waals surface area (Å²) in [5.74, 6) is 0. The molecule has 2 heterocycles. The molecule has 1 aromatic carbocycles. The Morgan fingerprint density at radius 1 is 1.00 bits per heavy atom. The summed E-state index contributed by atoms with van der Waals surface area (Å²) in [5.41, 5.74) is 1.58. The molecule has 3 aliphatic rings. The first kappa shape index (κ1) is 9.07. The summed E-state index contributed by atoms with van der Waals surface area (Å²) < 4.78 is 1.19. The van der Waals surface area contributed by atoms with Gasteiger partial charge in [-0.15, -0.1) is 0 Å². The van der Waals surface area contributed by atoms with E-state index in [9.17, 15) is 0 Å². The molecule has 4 unspecified atom stereocenters. The normalized spacial score (nSPS) is 49.4. The molecule has 2 saturated heterocycles. The molecule has 0 N–H and O–H groups in total. The van der Waals surface area contributed by atoms with Crippen molar-refractivity contribution in [3.63, 3.8) is 0 Å². The Kier molecular flexibility index (Phi) is 1.59. The maximum absolute atomic E-state index is 2.55. The van der Waals surface area contributed by atoms with Crippen LogP contribution in [0.5, 0.6) is 0 Å². The van der Waals surface area contributed by atoms with Crippen LogP contribution in [0.3, 0.4) is 0 Å². The monoisotopic (exact) mass is 328 g/mol. The number of rotatable bonds is 1. The van der Waals surface area contributed by atoms with Crippen molar-refractivity contribution < 1.29 is 0 Å². The van der Waals surface area contributed by atoms with Gasteiger partial charge in [0.15, 0.2) is 0 Å². The van der Waals surface area contributed by atoms with Crippen LogP contribution in [0.2, 0.25) is 13.9 Å². The van der Waals surface area contributed by atoms with Crippen LogP contribution in [0.1, 0.15) is 12.5 Å². The first-order valence-corrected chi connectivity index (χ1v) is 9.05. The molecule has 4 rings (SSSR count). The summed E-state index contributed by atoms with van der Waals surface area (Å²) in [5, 5.41) is 0. The van der Waals surface area contributed by atoms with Crippen molar-refractivity contribution in [3.8, 4) is 0 Å². The van der Waals surface area contributed by atoms with Gasteiger partial charge < -0.3 is 0 Å². The van der Waals surface area contributed by atoms with E-state index < -0.39 is 0 Å². The zero-order valence-electron chi connectivity index (χ0n) is 8.51. The van der Waals surface area contributed by atoms with Crippen LogP contribution in [-0.4, -0.2) is 29.9 Å². The fraction of sp³-hybridized carbons (Fsp3) is 0.385. The first-order chi connectivity index (χ1) is 7.25. The van der Waals surface area contributed by atoms with Crippen LogP contribution < -0.4 is 0 Å². The molecular formula is C13H12Se2. The van der Waals surface area contributed by atoms with Gasteiger partial charge >= 0.3 is 103 Å². The van der Waals surface area contributed by atoms with Crippen LogP contribution in [0.4, 0.5) is 0 Å². The standard InChI is InChI=1S/C13H12Se2/c1-12-7-8-13(9-5-3-2-4-6-9)11(15-13)10(12)14-12/h2-8,10-11H,1H3. The minimum atomic E-state index is 0.524. The van der Waals surface area contributed by atoms with Crippen molar-refractivity contribution in [3.05, 3.63) is 48.0 Å². The van der Waals surface area contributed by atoms with E-state index in [-0.39, 0.29) is 0 Å². The average molecular weight is 326 g/mol.